The van der Waals surface area contributed by atoms with Gasteiger partial charge in [0.1, 0.15) is 24.4 Å². The molecule has 0 bridgehead atoms. The fourth-order valence-corrected chi connectivity index (χ4v) is 11.2. The maximum Gasteiger partial charge on any atom is 0.187 e. The first-order valence-electron chi connectivity index (χ1n) is 17.3. The van der Waals surface area contributed by atoms with Crippen LogP contribution in [0.2, 0.25) is 0 Å². The Morgan fingerprint density at radius 3 is 2.27 bits per heavy atom. The summed E-state index contributed by atoms with van der Waals surface area (Å²) < 4.78 is 12.6. The van der Waals surface area contributed by atoms with Crippen molar-refractivity contribution in [2.24, 2.45) is 45.3 Å². The molecule has 5 rings (SSSR count). The van der Waals surface area contributed by atoms with E-state index in [2.05, 4.69) is 26.8 Å². The molecular formula is C36H60O9. The van der Waals surface area contributed by atoms with Crippen molar-refractivity contribution in [2.45, 2.75) is 142 Å². The van der Waals surface area contributed by atoms with Gasteiger partial charge in [0, 0.05) is 23.4 Å². The van der Waals surface area contributed by atoms with E-state index in [-0.39, 0.29) is 35.2 Å². The number of hydrogen-bond acceptors (Lipinski definition) is 9. The summed E-state index contributed by atoms with van der Waals surface area (Å²) in [5, 5.41) is 75.5. The van der Waals surface area contributed by atoms with E-state index in [1.165, 1.54) is 0 Å². The third kappa shape index (κ3) is 5.50. The second kappa shape index (κ2) is 12.5. The van der Waals surface area contributed by atoms with Crippen molar-refractivity contribution in [2.75, 3.05) is 13.2 Å². The maximum atomic E-state index is 11.5. The van der Waals surface area contributed by atoms with Crippen molar-refractivity contribution in [3.8, 4) is 0 Å². The van der Waals surface area contributed by atoms with Gasteiger partial charge in [0.2, 0.25) is 0 Å². The quantitative estimate of drug-likeness (QED) is 0.199. The molecule has 0 radical (unpaired) electrons. The summed E-state index contributed by atoms with van der Waals surface area (Å²) in [5.74, 6) is 0.508. The van der Waals surface area contributed by atoms with Crippen molar-refractivity contribution in [3.05, 3.63) is 23.3 Å². The molecule has 0 amide bonds. The zero-order chi connectivity index (χ0) is 33.3. The summed E-state index contributed by atoms with van der Waals surface area (Å²) in [6, 6.07) is 0. The van der Waals surface area contributed by atoms with Crippen LogP contribution in [0.3, 0.4) is 0 Å². The van der Waals surface area contributed by atoms with Crippen molar-refractivity contribution in [1.29, 1.82) is 0 Å². The van der Waals surface area contributed by atoms with E-state index < -0.39 is 66.5 Å². The Hall–Kier alpha value is -0.880. The van der Waals surface area contributed by atoms with Crippen LogP contribution >= 0.6 is 0 Å². The first-order valence-corrected chi connectivity index (χ1v) is 17.3. The fraction of sp³-hybridized carbons (Fsp3) is 0.889. The lowest BCUT2D eigenvalue weighted by atomic mass is 9.38. The van der Waals surface area contributed by atoms with E-state index in [0.717, 1.165) is 43.3 Å². The molecule has 4 fully saturated rings. The van der Waals surface area contributed by atoms with Gasteiger partial charge in [-0.1, -0.05) is 57.9 Å². The lowest BCUT2D eigenvalue weighted by molar-refractivity contribution is -0.324. The molecule has 1 unspecified atom stereocenters. The van der Waals surface area contributed by atoms with E-state index in [1.807, 2.05) is 33.8 Å². The molecular weight excluding hydrogens is 576 g/mol. The minimum Gasteiger partial charge on any atom is -0.396 e. The zero-order valence-corrected chi connectivity index (χ0v) is 28.4. The van der Waals surface area contributed by atoms with Crippen molar-refractivity contribution >= 4 is 0 Å². The Bertz CT molecular complexity index is 1130. The molecule has 1 saturated heterocycles. The first-order chi connectivity index (χ1) is 21.0. The molecule has 0 aromatic rings. The van der Waals surface area contributed by atoms with Crippen molar-refractivity contribution in [1.82, 2.24) is 0 Å². The number of ether oxygens (including phenoxy) is 2. The average molecular weight is 637 g/mol. The van der Waals surface area contributed by atoms with E-state index in [0.29, 0.717) is 18.8 Å². The third-order valence-electron chi connectivity index (χ3n) is 13.8. The zero-order valence-electron chi connectivity index (χ0n) is 28.4. The van der Waals surface area contributed by atoms with Crippen LogP contribution in [0.25, 0.3) is 0 Å². The Labute approximate surface area is 269 Å². The topological polar surface area (TPSA) is 160 Å². The lowest BCUT2D eigenvalue weighted by Crippen LogP contribution is -2.66. The maximum absolute atomic E-state index is 11.5. The monoisotopic (exact) mass is 636 g/mol. The highest BCUT2D eigenvalue weighted by Crippen LogP contribution is 2.75. The molecule has 9 heteroatoms. The van der Waals surface area contributed by atoms with Gasteiger partial charge in [-0.3, -0.25) is 0 Å². The molecule has 5 aliphatic rings. The predicted molar refractivity (Wildman–Crippen MR) is 170 cm³/mol. The lowest BCUT2D eigenvalue weighted by Gasteiger charge is -2.68. The van der Waals surface area contributed by atoms with Crippen LogP contribution in [-0.2, 0) is 9.47 Å². The highest BCUT2D eigenvalue weighted by atomic mass is 16.7. The van der Waals surface area contributed by atoms with Crippen LogP contribution in [0, 0.1) is 45.3 Å². The summed E-state index contributed by atoms with van der Waals surface area (Å²) in [7, 11) is 0. The number of hydrogen-bond donors (Lipinski definition) is 7. The summed E-state index contributed by atoms with van der Waals surface area (Å²) in [6.07, 6.45) is 1.10. The van der Waals surface area contributed by atoms with Crippen LogP contribution in [0.5, 0.6) is 0 Å². The number of allylic oxidation sites excluding steroid dienone is 1. The number of aliphatic hydroxyl groups excluding tert-OH is 7. The second-order valence-corrected chi connectivity index (χ2v) is 16.7. The van der Waals surface area contributed by atoms with Crippen LogP contribution in [0.15, 0.2) is 23.3 Å². The standard InChI is InChI=1S/C36H60O9/c1-19(2)14-21(39)15-20(3)22-10-11-35(7)31-25(44-32-30(43)29(42)28(41)26(17-37)45-32)16-24-23(8-9-27(40)33(24,4)5)36(31,18-38)13-12-34(22,35)6/h14,16,20-23,25-32,37-43H,8-13,15,17-18H2,1-7H3/t20-,21?,22-,23-,25+,26-,27+,28-,29+,30-,31+,32-,34-,35+,36-/m1/s1. The highest BCUT2D eigenvalue weighted by Gasteiger charge is 2.71. The normalized spacial score (nSPS) is 48.8. The predicted octanol–water partition coefficient (Wildman–Crippen LogP) is 3.07. The fourth-order valence-electron chi connectivity index (χ4n) is 11.2. The Morgan fingerprint density at radius 2 is 1.64 bits per heavy atom. The molecule has 4 aliphatic carbocycles. The van der Waals surface area contributed by atoms with Gasteiger partial charge < -0.3 is 45.2 Å². The van der Waals surface area contributed by atoms with Gasteiger partial charge in [-0.15, -0.1) is 0 Å². The summed E-state index contributed by atoms with van der Waals surface area (Å²) >= 11 is 0. The van der Waals surface area contributed by atoms with Crippen molar-refractivity contribution in [3.63, 3.8) is 0 Å². The van der Waals surface area contributed by atoms with Crippen LogP contribution in [-0.4, -0.2) is 98.0 Å². The summed E-state index contributed by atoms with van der Waals surface area (Å²) in [5.41, 5.74) is 0.667. The molecule has 45 heavy (non-hydrogen) atoms. The van der Waals surface area contributed by atoms with Crippen molar-refractivity contribution < 1.29 is 45.2 Å². The minimum absolute atomic E-state index is 0.0361. The Kier molecular flexibility index (Phi) is 9.87. The smallest absolute Gasteiger partial charge is 0.187 e. The number of fused-ring (bicyclic) bond motifs is 5. The van der Waals surface area contributed by atoms with Crippen LogP contribution in [0.4, 0.5) is 0 Å². The molecule has 3 saturated carbocycles. The largest absolute Gasteiger partial charge is 0.396 e. The summed E-state index contributed by atoms with van der Waals surface area (Å²) in [6.45, 7) is 14.5. The third-order valence-corrected chi connectivity index (χ3v) is 13.8. The van der Waals surface area contributed by atoms with E-state index in [1.54, 1.807) is 0 Å². The Morgan fingerprint density at radius 1 is 0.956 bits per heavy atom. The van der Waals surface area contributed by atoms with Gasteiger partial charge in [-0.2, -0.15) is 0 Å². The molecule has 258 valence electrons. The molecule has 0 aromatic heterocycles. The minimum atomic E-state index is -1.56. The SMILES string of the molecule is CC(C)=CC(O)C[C@@H](C)[C@H]1CC[C@@]2(C)[C@@H]3[C@@H](O[C@@H]4O[C@H](CO)[C@@H](O)[C@H](O)[C@H]4O)C=C4[C@@H](CC[C@H](O)C4(C)C)[C@]3(CO)CC[C@]12C. The number of rotatable bonds is 8. The van der Waals surface area contributed by atoms with Gasteiger partial charge in [0.05, 0.1) is 24.9 Å². The van der Waals surface area contributed by atoms with Gasteiger partial charge in [-0.05, 0) is 87.4 Å². The van der Waals surface area contributed by atoms with E-state index >= 15 is 0 Å². The highest BCUT2D eigenvalue weighted by molar-refractivity contribution is 5.33. The van der Waals surface area contributed by atoms with Gasteiger partial charge in [0.25, 0.3) is 0 Å². The van der Waals surface area contributed by atoms with Gasteiger partial charge in [0.15, 0.2) is 6.29 Å². The average Bonchev–Trinajstić information content (AvgIpc) is 3.25. The molecule has 1 heterocycles. The first kappa shape index (κ1) is 35.4. The Balaban J connectivity index is 1.59. The van der Waals surface area contributed by atoms with Crippen LogP contribution in [0.1, 0.15) is 93.4 Å². The molecule has 0 aromatic carbocycles. The molecule has 1 aliphatic heterocycles. The van der Waals surface area contributed by atoms with E-state index in [4.69, 9.17) is 9.47 Å². The molecule has 9 nitrogen and oxygen atoms in total. The molecule has 7 N–H and O–H groups in total. The molecule has 15 atom stereocenters. The van der Waals surface area contributed by atoms with Crippen LogP contribution < -0.4 is 0 Å². The molecule has 0 spiro atoms. The van der Waals surface area contributed by atoms with Gasteiger partial charge >= 0.3 is 0 Å². The van der Waals surface area contributed by atoms with Gasteiger partial charge in [-0.25, -0.2) is 0 Å². The summed E-state index contributed by atoms with van der Waals surface area (Å²) in [4.78, 5) is 0. The van der Waals surface area contributed by atoms with E-state index in [9.17, 15) is 35.7 Å². The number of aliphatic hydroxyl groups is 7. The second-order valence-electron chi connectivity index (χ2n) is 16.7.